The standard InChI is InChI=1S/C17H15ClF3NO6S2/c1-16(24,17(19,20)21)15(23)22-14-7-6-12(9-13(14)18)30(27,28)11-5-3-4-10(8-11)29(2,25)26/h3-9,24H,1-2H3,(H,22,23)/t16-/m1/s1. The molecule has 2 rings (SSSR count). The molecule has 0 saturated heterocycles. The van der Waals surface area contributed by atoms with Gasteiger partial charge in [0.15, 0.2) is 9.84 Å². The molecule has 13 heteroatoms. The normalized spacial score (nSPS) is 14.8. The molecular weight excluding hydrogens is 471 g/mol. The monoisotopic (exact) mass is 485 g/mol. The Hall–Kier alpha value is -2.15. The molecule has 1 atom stereocenters. The second-order valence-corrected chi connectivity index (χ2v) is 10.8. The molecule has 0 aliphatic heterocycles. The lowest BCUT2D eigenvalue weighted by Gasteiger charge is -2.25. The van der Waals surface area contributed by atoms with Crippen LogP contribution in [0.1, 0.15) is 6.92 Å². The van der Waals surface area contributed by atoms with Crippen molar-refractivity contribution >= 4 is 42.9 Å². The van der Waals surface area contributed by atoms with Gasteiger partial charge in [0.25, 0.3) is 5.91 Å². The number of amides is 1. The van der Waals surface area contributed by atoms with E-state index in [-0.39, 0.29) is 22.4 Å². The predicted octanol–water partition coefficient (Wildman–Crippen LogP) is 2.83. The van der Waals surface area contributed by atoms with E-state index in [9.17, 15) is 39.9 Å². The van der Waals surface area contributed by atoms with Gasteiger partial charge in [0.05, 0.1) is 25.4 Å². The molecule has 0 fully saturated rings. The summed E-state index contributed by atoms with van der Waals surface area (Å²) in [5.41, 5.74) is -4.07. The van der Waals surface area contributed by atoms with E-state index in [2.05, 4.69) is 0 Å². The van der Waals surface area contributed by atoms with Crippen LogP contribution in [0.2, 0.25) is 5.02 Å². The van der Waals surface area contributed by atoms with E-state index in [0.29, 0.717) is 0 Å². The Balaban J connectivity index is 2.41. The molecule has 2 aromatic carbocycles. The number of carbonyl (C=O) groups is 1. The van der Waals surface area contributed by atoms with Crippen molar-refractivity contribution in [3.63, 3.8) is 0 Å². The van der Waals surface area contributed by atoms with Crippen LogP contribution < -0.4 is 5.32 Å². The van der Waals surface area contributed by atoms with Gasteiger partial charge >= 0.3 is 6.18 Å². The third-order valence-electron chi connectivity index (χ3n) is 4.04. The molecule has 0 aliphatic carbocycles. The van der Waals surface area contributed by atoms with Gasteiger partial charge < -0.3 is 10.4 Å². The molecule has 0 aromatic heterocycles. The summed E-state index contributed by atoms with van der Waals surface area (Å²) in [7, 11) is -7.91. The maximum Gasteiger partial charge on any atom is 0.426 e. The van der Waals surface area contributed by atoms with E-state index in [4.69, 9.17) is 11.6 Å². The van der Waals surface area contributed by atoms with Gasteiger partial charge in [-0.25, -0.2) is 16.8 Å². The van der Waals surface area contributed by atoms with Gasteiger partial charge in [0.1, 0.15) is 0 Å². The van der Waals surface area contributed by atoms with E-state index in [1.54, 1.807) is 5.32 Å². The van der Waals surface area contributed by atoms with Gasteiger partial charge in [-0.2, -0.15) is 13.2 Å². The fourth-order valence-electron chi connectivity index (χ4n) is 2.15. The first-order valence-electron chi connectivity index (χ1n) is 7.93. The summed E-state index contributed by atoms with van der Waals surface area (Å²) in [6.07, 6.45) is -4.35. The number of sulfone groups is 2. The van der Waals surface area contributed by atoms with Gasteiger partial charge in [-0.3, -0.25) is 4.79 Å². The van der Waals surface area contributed by atoms with Gasteiger partial charge in [-0.15, -0.1) is 0 Å². The second kappa shape index (κ2) is 7.84. The van der Waals surface area contributed by atoms with Crippen LogP contribution in [0.15, 0.2) is 57.2 Å². The van der Waals surface area contributed by atoms with Crippen LogP contribution in [0.5, 0.6) is 0 Å². The maximum atomic E-state index is 12.8. The zero-order chi connectivity index (χ0) is 23.1. The van der Waals surface area contributed by atoms with Gasteiger partial charge in [-0.05, 0) is 43.3 Å². The first-order chi connectivity index (χ1) is 13.5. The van der Waals surface area contributed by atoms with E-state index >= 15 is 0 Å². The summed E-state index contributed by atoms with van der Waals surface area (Å²) >= 11 is 5.90. The van der Waals surface area contributed by atoms with Crippen LogP contribution in [-0.4, -0.2) is 45.9 Å². The fourth-order valence-corrected chi connectivity index (χ4v) is 4.51. The van der Waals surface area contributed by atoms with E-state index < -0.39 is 47.3 Å². The number of rotatable bonds is 5. The molecule has 0 aliphatic rings. The first-order valence-corrected chi connectivity index (χ1v) is 11.7. The first kappa shape index (κ1) is 24.1. The van der Waals surface area contributed by atoms with Crippen molar-refractivity contribution in [3.8, 4) is 0 Å². The van der Waals surface area contributed by atoms with Crippen LogP contribution in [0, 0.1) is 0 Å². The number of halogens is 4. The Morgan fingerprint density at radius 2 is 1.53 bits per heavy atom. The molecule has 7 nitrogen and oxygen atoms in total. The van der Waals surface area contributed by atoms with Crippen molar-refractivity contribution in [2.45, 2.75) is 33.4 Å². The van der Waals surface area contributed by atoms with Crippen molar-refractivity contribution in [2.24, 2.45) is 0 Å². The summed E-state index contributed by atoms with van der Waals surface area (Å²) in [5, 5.41) is 10.7. The Morgan fingerprint density at radius 1 is 1.00 bits per heavy atom. The number of carbonyl (C=O) groups excluding carboxylic acids is 1. The molecule has 2 N–H and O–H groups in total. The summed E-state index contributed by atoms with van der Waals surface area (Å²) < 4.78 is 87.0. The van der Waals surface area contributed by atoms with E-state index in [0.717, 1.165) is 36.6 Å². The third-order valence-corrected chi connectivity index (χ3v) is 7.21. The zero-order valence-corrected chi connectivity index (χ0v) is 17.7. The molecule has 2 aromatic rings. The number of hydrogen-bond acceptors (Lipinski definition) is 6. The number of anilines is 1. The van der Waals surface area contributed by atoms with Crippen LogP contribution in [0.4, 0.5) is 18.9 Å². The molecule has 0 saturated carbocycles. The molecule has 0 unspecified atom stereocenters. The Bertz CT molecular complexity index is 1210. The van der Waals surface area contributed by atoms with Crippen molar-refractivity contribution in [1.82, 2.24) is 0 Å². The van der Waals surface area contributed by atoms with Crippen molar-refractivity contribution in [1.29, 1.82) is 0 Å². The van der Waals surface area contributed by atoms with E-state index in [1.807, 2.05) is 0 Å². The topological polar surface area (TPSA) is 118 Å². The Morgan fingerprint density at radius 3 is 2.03 bits per heavy atom. The highest BCUT2D eigenvalue weighted by Crippen LogP contribution is 2.33. The van der Waals surface area contributed by atoms with Crippen LogP contribution >= 0.6 is 11.6 Å². The molecule has 0 radical (unpaired) electrons. The van der Waals surface area contributed by atoms with Crippen LogP contribution in [0.25, 0.3) is 0 Å². The average molecular weight is 486 g/mol. The molecular formula is C17H15ClF3NO6S2. The zero-order valence-electron chi connectivity index (χ0n) is 15.4. The Labute approximate surface area is 175 Å². The lowest BCUT2D eigenvalue weighted by Crippen LogP contribution is -2.52. The lowest BCUT2D eigenvalue weighted by molar-refractivity contribution is -0.242. The molecule has 30 heavy (non-hydrogen) atoms. The smallest absolute Gasteiger partial charge is 0.373 e. The number of hydrogen-bond donors (Lipinski definition) is 2. The molecule has 1 amide bonds. The number of nitrogens with one attached hydrogen (secondary N) is 1. The van der Waals surface area contributed by atoms with Gasteiger partial charge in [0.2, 0.25) is 15.4 Å². The summed E-state index contributed by atoms with van der Waals surface area (Å²) in [6, 6.07) is 7.35. The van der Waals surface area contributed by atoms with Gasteiger partial charge in [-0.1, -0.05) is 17.7 Å². The highest BCUT2D eigenvalue weighted by molar-refractivity contribution is 7.92. The number of alkyl halides is 3. The van der Waals surface area contributed by atoms with E-state index in [1.165, 1.54) is 12.1 Å². The fraction of sp³-hybridized carbons (Fsp3) is 0.235. The average Bonchev–Trinajstić information content (AvgIpc) is 2.61. The third kappa shape index (κ3) is 4.77. The molecule has 164 valence electrons. The van der Waals surface area contributed by atoms with Crippen molar-refractivity contribution < 1.29 is 39.9 Å². The van der Waals surface area contributed by atoms with Crippen LogP contribution in [-0.2, 0) is 24.5 Å². The predicted molar refractivity (Wildman–Crippen MR) is 102 cm³/mol. The van der Waals surface area contributed by atoms with Crippen molar-refractivity contribution in [3.05, 3.63) is 47.5 Å². The summed E-state index contributed by atoms with van der Waals surface area (Å²) in [4.78, 5) is 10.8. The molecule has 0 bridgehead atoms. The Kier molecular flexibility index (Phi) is 6.30. The minimum Gasteiger partial charge on any atom is -0.373 e. The van der Waals surface area contributed by atoms with Crippen molar-refractivity contribution in [2.75, 3.05) is 11.6 Å². The largest absolute Gasteiger partial charge is 0.426 e. The molecule has 0 heterocycles. The number of aliphatic hydroxyl groups is 1. The second-order valence-electron chi connectivity index (χ2n) is 6.42. The molecule has 0 spiro atoms. The lowest BCUT2D eigenvalue weighted by atomic mass is 10.1. The van der Waals surface area contributed by atoms with Gasteiger partial charge in [0, 0.05) is 6.26 Å². The highest BCUT2D eigenvalue weighted by atomic mass is 35.5. The maximum absolute atomic E-state index is 12.8. The highest BCUT2D eigenvalue weighted by Gasteiger charge is 2.55. The SMILES string of the molecule is C[C@@](O)(C(=O)Nc1ccc(S(=O)(=O)c2cccc(S(C)(=O)=O)c2)cc1Cl)C(F)(F)F. The minimum absolute atomic E-state index is 0.229. The quantitative estimate of drug-likeness (QED) is 0.672. The summed E-state index contributed by atoms with van der Waals surface area (Å²) in [5.74, 6) is -1.81. The number of benzene rings is 2. The summed E-state index contributed by atoms with van der Waals surface area (Å²) in [6.45, 7) is 0.254. The van der Waals surface area contributed by atoms with Crippen LogP contribution in [0.3, 0.4) is 0 Å². The minimum atomic E-state index is -5.25.